The zero-order chi connectivity index (χ0) is 16.3. The molecule has 1 aromatic rings. The Kier molecular flexibility index (Phi) is 5.87. The first kappa shape index (κ1) is 17.3. The van der Waals surface area contributed by atoms with Gasteiger partial charge in [0.15, 0.2) is 0 Å². The van der Waals surface area contributed by atoms with Crippen molar-refractivity contribution in [2.75, 3.05) is 26.2 Å². The molecule has 1 aliphatic heterocycles. The number of hydrogen-bond donors (Lipinski definition) is 1. The Labute approximate surface area is 135 Å². The van der Waals surface area contributed by atoms with Gasteiger partial charge in [0, 0.05) is 19.6 Å². The Morgan fingerprint density at radius 3 is 2.23 bits per heavy atom. The summed E-state index contributed by atoms with van der Waals surface area (Å²) in [6, 6.07) is 4.26. The van der Waals surface area contributed by atoms with Crippen LogP contribution in [-0.2, 0) is 0 Å². The lowest BCUT2D eigenvalue weighted by Crippen LogP contribution is -2.44. The molecule has 2 rings (SSSR count). The van der Waals surface area contributed by atoms with Crippen molar-refractivity contribution in [2.24, 2.45) is 11.8 Å². The molecule has 1 saturated heterocycles. The molecular weight excluding hydrogens is 274 g/mol. The summed E-state index contributed by atoms with van der Waals surface area (Å²) < 4.78 is 5.90. The van der Waals surface area contributed by atoms with Crippen molar-refractivity contribution in [3.05, 3.63) is 28.8 Å². The van der Waals surface area contributed by atoms with Gasteiger partial charge in [-0.25, -0.2) is 0 Å². The van der Waals surface area contributed by atoms with Gasteiger partial charge in [0.05, 0.1) is 0 Å². The predicted octanol–water partition coefficient (Wildman–Crippen LogP) is 3.33. The van der Waals surface area contributed by atoms with Gasteiger partial charge in [0.25, 0.3) is 0 Å². The minimum absolute atomic E-state index is 0.365. The fraction of sp³-hybridized carbons (Fsp3) is 0.684. The molecule has 124 valence electrons. The zero-order valence-electron chi connectivity index (χ0n) is 14.7. The lowest BCUT2D eigenvalue weighted by Gasteiger charge is -2.36. The van der Waals surface area contributed by atoms with Crippen LogP contribution in [0.15, 0.2) is 12.1 Å². The van der Waals surface area contributed by atoms with Gasteiger partial charge in [-0.2, -0.15) is 0 Å². The molecule has 1 fully saturated rings. The number of aryl methyl sites for hydroxylation is 3. The third-order valence-corrected chi connectivity index (χ3v) is 4.44. The van der Waals surface area contributed by atoms with Crippen LogP contribution in [0.3, 0.4) is 0 Å². The standard InChI is InChI=1S/C19H31NO2/c1-13-7-16(4)19(17(5)8-13)22-12-18(21)11-20-9-14(2)6-15(3)10-20/h7-8,14-15,18,21H,6,9-12H2,1-5H3/t14-,15-,18+/m0/s1. The maximum absolute atomic E-state index is 10.3. The summed E-state index contributed by atoms with van der Waals surface area (Å²) in [6.07, 6.45) is 0.864. The van der Waals surface area contributed by atoms with E-state index in [4.69, 9.17) is 4.74 Å². The van der Waals surface area contributed by atoms with E-state index in [0.717, 1.165) is 41.8 Å². The summed E-state index contributed by atoms with van der Waals surface area (Å²) in [5, 5.41) is 10.3. The lowest BCUT2D eigenvalue weighted by molar-refractivity contribution is 0.0426. The van der Waals surface area contributed by atoms with Crippen molar-refractivity contribution >= 4 is 0 Å². The van der Waals surface area contributed by atoms with Gasteiger partial charge in [0.1, 0.15) is 18.5 Å². The maximum Gasteiger partial charge on any atom is 0.125 e. The Morgan fingerprint density at radius 1 is 1.14 bits per heavy atom. The second-order valence-electron chi connectivity index (χ2n) is 7.36. The van der Waals surface area contributed by atoms with Crippen molar-refractivity contribution < 1.29 is 9.84 Å². The largest absolute Gasteiger partial charge is 0.490 e. The third-order valence-electron chi connectivity index (χ3n) is 4.44. The number of hydrogen-bond acceptors (Lipinski definition) is 3. The van der Waals surface area contributed by atoms with E-state index in [-0.39, 0.29) is 0 Å². The fourth-order valence-corrected chi connectivity index (χ4v) is 3.87. The average Bonchev–Trinajstić information content (AvgIpc) is 2.35. The van der Waals surface area contributed by atoms with E-state index < -0.39 is 6.10 Å². The van der Waals surface area contributed by atoms with Gasteiger partial charge in [0.2, 0.25) is 0 Å². The monoisotopic (exact) mass is 305 g/mol. The van der Waals surface area contributed by atoms with Gasteiger partial charge >= 0.3 is 0 Å². The van der Waals surface area contributed by atoms with Crippen molar-refractivity contribution in [3.8, 4) is 5.75 Å². The van der Waals surface area contributed by atoms with Gasteiger partial charge < -0.3 is 14.7 Å². The van der Waals surface area contributed by atoms with E-state index >= 15 is 0 Å². The molecule has 0 saturated carbocycles. The molecule has 0 radical (unpaired) electrons. The van der Waals surface area contributed by atoms with Crippen LogP contribution >= 0.6 is 0 Å². The second-order valence-corrected chi connectivity index (χ2v) is 7.36. The Bertz CT molecular complexity index is 467. The first-order valence-electron chi connectivity index (χ1n) is 8.46. The quantitative estimate of drug-likeness (QED) is 0.906. The number of piperidine rings is 1. The minimum atomic E-state index is -0.433. The number of ether oxygens (including phenoxy) is 1. The SMILES string of the molecule is Cc1cc(C)c(OC[C@H](O)CN2C[C@@H](C)C[C@H](C)C2)c(C)c1. The first-order chi connectivity index (χ1) is 10.3. The van der Waals surface area contributed by atoms with Crippen molar-refractivity contribution in [1.82, 2.24) is 4.90 Å². The van der Waals surface area contributed by atoms with Crippen LogP contribution in [0.1, 0.15) is 37.0 Å². The highest BCUT2D eigenvalue weighted by molar-refractivity contribution is 5.42. The summed E-state index contributed by atoms with van der Waals surface area (Å²) in [5.41, 5.74) is 3.54. The molecule has 3 atom stereocenters. The zero-order valence-corrected chi connectivity index (χ0v) is 14.7. The molecule has 0 spiro atoms. The third kappa shape index (κ3) is 4.72. The van der Waals surface area contributed by atoms with Crippen LogP contribution in [0.25, 0.3) is 0 Å². The lowest BCUT2D eigenvalue weighted by atomic mass is 9.92. The predicted molar refractivity (Wildman–Crippen MR) is 91.5 cm³/mol. The van der Waals surface area contributed by atoms with Crippen LogP contribution in [0.4, 0.5) is 0 Å². The van der Waals surface area contributed by atoms with E-state index in [1.54, 1.807) is 0 Å². The van der Waals surface area contributed by atoms with Crippen molar-refractivity contribution in [1.29, 1.82) is 0 Å². The summed E-state index contributed by atoms with van der Waals surface area (Å²) in [4.78, 5) is 2.38. The highest BCUT2D eigenvalue weighted by atomic mass is 16.5. The molecule has 0 bridgehead atoms. The Morgan fingerprint density at radius 2 is 1.68 bits per heavy atom. The van der Waals surface area contributed by atoms with E-state index in [0.29, 0.717) is 13.2 Å². The highest BCUT2D eigenvalue weighted by Gasteiger charge is 2.23. The summed E-state index contributed by atoms with van der Waals surface area (Å²) in [5.74, 6) is 2.36. The van der Waals surface area contributed by atoms with Crippen LogP contribution in [0.5, 0.6) is 5.75 Å². The van der Waals surface area contributed by atoms with Crippen molar-refractivity contribution in [3.63, 3.8) is 0 Å². The molecule has 1 aliphatic rings. The number of aliphatic hydroxyl groups excluding tert-OH is 1. The van der Waals surface area contributed by atoms with E-state index in [2.05, 4.69) is 51.7 Å². The van der Waals surface area contributed by atoms with Gasteiger partial charge in [-0.1, -0.05) is 31.5 Å². The van der Waals surface area contributed by atoms with Crippen LogP contribution < -0.4 is 4.74 Å². The Hall–Kier alpha value is -1.06. The molecule has 0 unspecified atom stereocenters. The van der Waals surface area contributed by atoms with Crippen LogP contribution in [0, 0.1) is 32.6 Å². The van der Waals surface area contributed by atoms with Crippen LogP contribution in [0.2, 0.25) is 0 Å². The molecule has 1 aromatic carbocycles. The summed E-state index contributed by atoms with van der Waals surface area (Å²) >= 11 is 0. The fourth-order valence-electron chi connectivity index (χ4n) is 3.87. The summed E-state index contributed by atoms with van der Waals surface area (Å²) in [7, 11) is 0. The Balaban J connectivity index is 1.86. The van der Waals surface area contributed by atoms with Gasteiger partial charge in [-0.15, -0.1) is 0 Å². The molecule has 3 heteroatoms. The van der Waals surface area contributed by atoms with E-state index in [1.165, 1.54) is 12.0 Å². The van der Waals surface area contributed by atoms with Gasteiger partial charge in [-0.3, -0.25) is 0 Å². The molecule has 1 N–H and O–H groups in total. The highest BCUT2D eigenvalue weighted by Crippen LogP contribution is 2.25. The smallest absolute Gasteiger partial charge is 0.125 e. The molecule has 3 nitrogen and oxygen atoms in total. The topological polar surface area (TPSA) is 32.7 Å². The summed E-state index contributed by atoms with van der Waals surface area (Å²) in [6.45, 7) is 14.1. The first-order valence-corrected chi connectivity index (χ1v) is 8.46. The number of benzene rings is 1. The number of rotatable bonds is 5. The van der Waals surface area contributed by atoms with Gasteiger partial charge in [-0.05, 0) is 50.2 Å². The van der Waals surface area contributed by atoms with Crippen LogP contribution in [-0.4, -0.2) is 42.4 Å². The maximum atomic E-state index is 10.3. The normalized spacial score (nSPS) is 24.3. The van der Waals surface area contributed by atoms with E-state index in [9.17, 15) is 5.11 Å². The number of β-amino-alcohol motifs (C(OH)–C–C–N with tert-alkyl or cyclic N) is 1. The average molecular weight is 305 g/mol. The van der Waals surface area contributed by atoms with Crippen molar-refractivity contribution in [2.45, 2.75) is 47.1 Å². The molecule has 0 aliphatic carbocycles. The molecule has 22 heavy (non-hydrogen) atoms. The molecule has 0 aromatic heterocycles. The second kappa shape index (κ2) is 7.47. The molecular formula is C19H31NO2. The number of likely N-dealkylation sites (tertiary alicyclic amines) is 1. The number of aliphatic hydroxyl groups is 1. The molecule has 1 heterocycles. The molecule has 0 amide bonds. The number of nitrogens with zero attached hydrogens (tertiary/aromatic N) is 1. The van der Waals surface area contributed by atoms with E-state index in [1.807, 2.05) is 0 Å². The minimum Gasteiger partial charge on any atom is -0.490 e.